The van der Waals surface area contributed by atoms with Gasteiger partial charge < -0.3 is 0 Å². The van der Waals surface area contributed by atoms with Gasteiger partial charge in [0.2, 0.25) is 0 Å². The molecule has 0 saturated heterocycles. The second-order valence-electron chi connectivity index (χ2n) is 6.79. The van der Waals surface area contributed by atoms with Crippen LogP contribution in [0.3, 0.4) is 0 Å². The smallest absolute Gasteiger partial charge is 0.0162 e. The third-order valence-electron chi connectivity index (χ3n) is 4.99. The third-order valence-corrected chi connectivity index (χ3v) is 4.99. The van der Waals surface area contributed by atoms with Gasteiger partial charge in [-0.05, 0) is 66.2 Å². The summed E-state index contributed by atoms with van der Waals surface area (Å²) in [5.74, 6) is 2.17. The van der Waals surface area contributed by atoms with Crippen molar-refractivity contribution in [2.24, 2.45) is 0 Å². The SMILES string of the molecule is CCC(C)c1cc(C2CCCC2)cc(C)c1C(C)C. The van der Waals surface area contributed by atoms with Crippen LogP contribution in [0.4, 0.5) is 0 Å². The molecule has 0 radical (unpaired) electrons. The van der Waals surface area contributed by atoms with Gasteiger partial charge in [0.05, 0.1) is 0 Å². The van der Waals surface area contributed by atoms with Crippen molar-refractivity contribution in [1.82, 2.24) is 0 Å². The van der Waals surface area contributed by atoms with Gasteiger partial charge in [-0.15, -0.1) is 0 Å². The summed E-state index contributed by atoms with van der Waals surface area (Å²) in [4.78, 5) is 0. The van der Waals surface area contributed by atoms with Gasteiger partial charge in [0.15, 0.2) is 0 Å². The molecule has 0 N–H and O–H groups in total. The minimum atomic E-state index is 0.640. The van der Waals surface area contributed by atoms with E-state index in [-0.39, 0.29) is 0 Å². The maximum Gasteiger partial charge on any atom is -0.0162 e. The number of benzene rings is 1. The Balaban J connectivity index is 2.46. The van der Waals surface area contributed by atoms with E-state index < -0.39 is 0 Å². The Kier molecular flexibility index (Phi) is 4.71. The molecule has 0 heterocycles. The predicted molar refractivity (Wildman–Crippen MR) is 85.2 cm³/mol. The Labute approximate surface area is 119 Å². The molecule has 0 amide bonds. The molecule has 1 aromatic rings. The van der Waals surface area contributed by atoms with E-state index in [2.05, 4.69) is 46.8 Å². The first-order chi connectivity index (χ1) is 9.04. The molecule has 1 unspecified atom stereocenters. The number of aryl methyl sites for hydroxylation is 1. The average Bonchev–Trinajstić information content (AvgIpc) is 2.90. The predicted octanol–water partition coefficient (Wildman–Crippen LogP) is 6.29. The highest BCUT2D eigenvalue weighted by Gasteiger charge is 2.21. The molecule has 1 aliphatic carbocycles. The van der Waals surface area contributed by atoms with Gasteiger partial charge in [0.1, 0.15) is 0 Å². The summed E-state index contributed by atoms with van der Waals surface area (Å²) in [6, 6.07) is 5.03. The second kappa shape index (κ2) is 6.11. The highest BCUT2D eigenvalue weighted by molar-refractivity contribution is 5.43. The molecule has 0 aliphatic heterocycles. The summed E-state index contributed by atoms with van der Waals surface area (Å²) in [7, 11) is 0. The zero-order valence-corrected chi connectivity index (χ0v) is 13.4. The van der Waals surface area contributed by atoms with E-state index in [0.717, 1.165) is 5.92 Å². The normalized spacial score (nSPS) is 18.2. The van der Waals surface area contributed by atoms with Crippen molar-refractivity contribution in [3.63, 3.8) is 0 Å². The van der Waals surface area contributed by atoms with E-state index in [4.69, 9.17) is 0 Å². The largest absolute Gasteiger partial charge is 0.0648 e. The minimum absolute atomic E-state index is 0.640. The molecule has 19 heavy (non-hydrogen) atoms. The zero-order valence-electron chi connectivity index (χ0n) is 13.4. The number of rotatable bonds is 4. The van der Waals surface area contributed by atoms with Gasteiger partial charge >= 0.3 is 0 Å². The second-order valence-corrected chi connectivity index (χ2v) is 6.79. The van der Waals surface area contributed by atoms with Gasteiger partial charge in [-0.25, -0.2) is 0 Å². The fraction of sp³-hybridized carbons (Fsp3) is 0.684. The molecule has 106 valence electrons. The standard InChI is InChI=1S/C19H30/c1-6-14(4)18-12-17(16-9-7-8-10-16)11-15(5)19(18)13(2)3/h11-14,16H,6-10H2,1-5H3. The Bertz CT molecular complexity index is 422. The summed E-state index contributed by atoms with van der Waals surface area (Å²) in [5, 5.41) is 0. The lowest BCUT2D eigenvalue weighted by Gasteiger charge is -2.23. The Morgan fingerprint density at radius 3 is 2.26 bits per heavy atom. The summed E-state index contributed by atoms with van der Waals surface area (Å²) >= 11 is 0. The Hall–Kier alpha value is -0.780. The first-order valence-electron chi connectivity index (χ1n) is 8.18. The van der Waals surface area contributed by atoms with E-state index in [1.807, 2.05) is 0 Å². The van der Waals surface area contributed by atoms with Crippen LogP contribution in [0, 0.1) is 6.92 Å². The monoisotopic (exact) mass is 258 g/mol. The van der Waals surface area contributed by atoms with Crippen LogP contribution in [0.25, 0.3) is 0 Å². The van der Waals surface area contributed by atoms with E-state index in [1.165, 1.54) is 37.7 Å². The molecular weight excluding hydrogens is 228 g/mol. The van der Waals surface area contributed by atoms with Gasteiger partial charge in [0, 0.05) is 0 Å². The van der Waals surface area contributed by atoms with Crippen molar-refractivity contribution in [2.75, 3.05) is 0 Å². The Morgan fingerprint density at radius 2 is 1.74 bits per heavy atom. The van der Waals surface area contributed by atoms with Gasteiger partial charge in [-0.1, -0.05) is 52.7 Å². The van der Waals surface area contributed by atoms with Gasteiger partial charge in [0.25, 0.3) is 0 Å². The maximum atomic E-state index is 2.55. The molecule has 0 spiro atoms. The lowest BCUT2D eigenvalue weighted by atomic mass is 9.82. The molecule has 2 rings (SSSR count). The highest BCUT2D eigenvalue weighted by atomic mass is 14.3. The molecular formula is C19H30. The number of hydrogen-bond donors (Lipinski definition) is 0. The Morgan fingerprint density at radius 1 is 1.11 bits per heavy atom. The van der Waals surface area contributed by atoms with Crippen LogP contribution in [-0.4, -0.2) is 0 Å². The summed E-state index contributed by atoms with van der Waals surface area (Å²) in [6.45, 7) is 11.7. The van der Waals surface area contributed by atoms with Crippen molar-refractivity contribution in [1.29, 1.82) is 0 Å². The molecule has 1 aromatic carbocycles. The van der Waals surface area contributed by atoms with Crippen molar-refractivity contribution in [2.45, 2.75) is 84.5 Å². The molecule has 0 heteroatoms. The molecule has 0 aromatic heterocycles. The minimum Gasteiger partial charge on any atom is -0.0648 e. The lowest BCUT2D eigenvalue weighted by molar-refractivity contribution is 0.686. The molecule has 1 fully saturated rings. The van der Waals surface area contributed by atoms with Crippen molar-refractivity contribution < 1.29 is 0 Å². The average molecular weight is 258 g/mol. The number of hydrogen-bond acceptors (Lipinski definition) is 0. The quantitative estimate of drug-likeness (QED) is 0.595. The van der Waals surface area contributed by atoms with Gasteiger partial charge in [-0.2, -0.15) is 0 Å². The highest BCUT2D eigenvalue weighted by Crippen LogP contribution is 2.39. The zero-order chi connectivity index (χ0) is 14.0. The maximum absolute atomic E-state index is 2.55. The molecule has 1 aliphatic rings. The van der Waals surface area contributed by atoms with Crippen molar-refractivity contribution in [3.8, 4) is 0 Å². The first-order valence-corrected chi connectivity index (χ1v) is 8.18. The van der Waals surface area contributed by atoms with Crippen LogP contribution < -0.4 is 0 Å². The van der Waals surface area contributed by atoms with Crippen LogP contribution in [-0.2, 0) is 0 Å². The molecule has 1 atom stereocenters. The van der Waals surface area contributed by atoms with E-state index in [9.17, 15) is 0 Å². The lowest BCUT2D eigenvalue weighted by Crippen LogP contribution is -2.06. The van der Waals surface area contributed by atoms with Crippen molar-refractivity contribution in [3.05, 3.63) is 34.4 Å². The summed E-state index contributed by atoms with van der Waals surface area (Å²) in [6.07, 6.45) is 6.90. The van der Waals surface area contributed by atoms with E-state index >= 15 is 0 Å². The molecule has 0 nitrogen and oxygen atoms in total. The topological polar surface area (TPSA) is 0 Å². The fourth-order valence-corrected chi connectivity index (χ4v) is 3.77. The summed E-state index contributed by atoms with van der Waals surface area (Å²) in [5.41, 5.74) is 6.37. The van der Waals surface area contributed by atoms with Crippen molar-refractivity contribution >= 4 is 0 Å². The third kappa shape index (κ3) is 3.04. The van der Waals surface area contributed by atoms with E-state index in [1.54, 1.807) is 16.7 Å². The molecule has 0 bridgehead atoms. The molecule has 1 saturated carbocycles. The van der Waals surface area contributed by atoms with Gasteiger partial charge in [-0.3, -0.25) is 0 Å². The van der Waals surface area contributed by atoms with Crippen LogP contribution in [0.1, 0.15) is 99.8 Å². The first kappa shape index (κ1) is 14.6. The van der Waals surface area contributed by atoms with Crippen LogP contribution >= 0.6 is 0 Å². The summed E-state index contributed by atoms with van der Waals surface area (Å²) < 4.78 is 0. The van der Waals surface area contributed by atoms with Crippen LogP contribution in [0.5, 0.6) is 0 Å². The van der Waals surface area contributed by atoms with E-state index in [0.29, 0.717) is 11.8 Å². The van der Waals surface area contributed by atoms with Crippen LogP contribution in [0.15, 0.2) is 12.1 Å². The fourth-order valence-electron chi connectivity index (χ4n) is 3.77. The van der Waals surface area contributed by atoms with Crippen LogP contribution in [0.2, 0.25) is 0 Å².